The average molecular weight is 351 g/mol. The second-order valence-electron chi connectivity index (χ2n) is 9.10. The summed E-state index contributed by atoms with van der Waals surface area (Å²) in [5.41, 5.74) is 3.57. The average Bonchev–Trinajstić information content (AvgIpc) is 2.95. The lowest BCUT2D eigenvalue weighted by Crippen LogP contribution is -2.41. The molecule has 1 fully saturated rings. The van der Waals surface area contributed by atoms with E-state index in [4.69, 9.17) is 4.74 Å². The third kappa shape index (κ3) is 2.87. The molecule has 0 saturated heterocycles. The van der Waals surface area contributed by atoms with Gasteiger partial charge in [-0.05, 0) is 87.0 Å². The number of benzene rings is 1. The SMILES string of the molecule is COc1ccc2c(c1)CC[C@@H]1[C@@H]2CC[C@]2(C)C(C#CC(C)(C)O)=CC[C@@H]12. The molecule has 26 heavy (non-hydrogen) atoms. The molecule has 1 N–H and O–H groups in total. The molecule has 0 radical (unpaired) electrons. The van der Waals surface area contributed by atoms with Crippen molar-refractivity contribution in [2.24, 2.45) is 17.3 Å². The maximum atomic E-state index is 9.99. The number of aliphatic hydroxyl groups is 1. The van der Waals surface area contributed by atoms with Gasteiger partial charge in [-0.15, -0.1) is 0 Å². The van der Waals surface area contributed by atoms with Gasteiger partial charge in [0, 0.05) is 11.0 Å². The van der Waals surface area contributed by atoms with Crippen LogP contribution in [0, 0.1) is 29.1 Å². The second kappa shape index (κ2) is 6.17. The lowest BCUT2D eigenvalue weighted by Gasteiger charge is -2.49. The first-order valence-corrected chi connectivity index (χ1v) is 9.95. The van der Waals surface area contributed by atoms with Crippen LogP contribution in [0.25, 0.3) is 0 Å². The fourth-order valence-electron chi connectivity index (χ4n) is 5.67. The van der Waals surface area contributed by atoms with Gasteiger partial charge in [0.25, 0.3) is 0 Å². The molecule has 0 spiro atoms. The highest BCUT2D eigenvalue weighted by Crippen LogP contribution is 2.61. The van der Waals surface area contributed by atoms with Crippen LogP contribution in [0.2, 0.25) is 0 Å². The first kappa shape index (κ1) is 17.7. The molecule has 0 heterocycles. The zero-order valence-electron chi connectivity index (χ0n) is 16.4. The van der Waals surface area contributed by atoms with E-state index in [9.17, 15) is 5.11 Å². The Morgan fingerprint density at radius 2 is 2.08 bits per heavy atom. The Morgan fingerprint density at radius 3 is 2.81 bits per heavy atom. The Balaban J connectivity index is 1.61. The van der Waals surface area contributed by atoms with Crippen molar-refractivity contribution in [3.8, 4) is 17.6 Å². The highest BCUT2D eigenvalue weighted by molar-refractivity contribution is 5.44. The predicted molar refractivity (Wildman–Crippen MR) is 105 cm³/mol. The summed E-state index contributed by atoms with van der Waals surface area (Å²) in [6.07, 6.45) is 8.35. The molecule has 2 nitrogen and oxygen atoms in total. The number of hydrogen-bond acceptors (Lipinski definition) is 2. The van der Waals surface area contributed by atoms with Gasteiger partial charge in [-0.2, -0.15) is 0 Å². The molecule has 4 atom stereocenters. The topological polar surface area (TPSA) is 29.5 Å². The fourth-order valence-corrected chi connectivity index (χ4v) is 5.67. The number of hydrogen-bond donors (Lipinski definition) is 1. The van der Waals surface area contributed by atoms with Crippen LogP contribution in [-0.4, -0.2) is 17.8 Å². The molecule has 1 saturated carbocycles. The van der Waals surface area contributed by atoms with Crippen molar-refractivity contribution in [3.05, 3.63) is 41.0 Å². The standard InChI is InChI=1S/C24H30O2/c1-23(2,25)13-11-17-6-10-22-21-8-5-16-15-18(26-4)7-9-19(16)20(21)12-14-24(17,22)3/h6-7,9,15,20-22,25H,5,8,10,12,14H2,1-4H3/t20-,21-,22+,24-/m1/s1. The largest absolute Gasteiger partial charge is 0.497 e. The third-order valence-electron chi connectivity index (χ3n) is 7.02. The molecule has 0 amide bonds. The normalized spacial score (nSPS) is 32.5. The van der Waals surface area contributed by atoms with Crippen LogP contribution >= 0.6 is 0 Å². The molecule has 3 aliphatic carbocycles. The minimum absolute atomic E-state index is 0.184. The van der Waals surface area contributed by atoms with Crippen LogP contribution in [0.15, 0.2) is 29.8 Å². The molecule has 0 bridgehead atoms. The smallest absolute Gasteiger partial charge is 0.120 e. The number of rotatable bonds is 1. The molecule has 0 aromatic heterocycles. The van der Waals surface area contributed by atoms with Crippen LogP contribution in [0.4, 0.5) is 0 Å². The van der Waals surface area contributed by atoms with Gasteiger partial charge in [0.1, 0.15) is 11.4 Å². The molecule has 0 unspecified atom stereocenters. The molecule has 138 valence electrons. The van der Waals surface area contributed by atoms with E-state index in [1.807, 2.05) is 0 Å². The molecule has 3 aliphatic rings. The van der Waals surface area contributed by atoms with Gasteiger partial charge in [0.05, 0.1) is 7.11 Å². The van der Waals surface area contributed by atoms with E-state index < -0.39 is 5.60 Å². The van der Waals surface area contributed by atoms with Gasteiger partial charge in [-0.25, -0.2) is 0 Å². The Morgan fingerprint density at radius 1 is 1.27 bits per heavy atom. The van der Waals surface area contributed by atoms with Crippen molar-refractivity contribution in [2.75, 3.05) is 7.11 Å². The van der Waals surface area contributed by atoms with Gasteiger partial charge in [-0.1, -0.05) is 30.9 Å². The first-order chi connectivity index (χ1) is 12.3. The lowest BCUT2D eigenvalue weighted by atomic mass is 9.54. The van der Waals surface area contributed by atoms with Crippen molar-refractivity contribution >= 4 is 0 Å². The molecule has 1 aromatic rings. The summed E-state index contributed by atoms with van der Waals surface area (Å²) in [4.78, 5) is 0. The van der Waals surface area contributed by atoms with Crippen molar-refractivity contribution < 1.29 is 9.84 Å². The van der Waals surface area contributed by atoms with Gasteiger partial charge < -0.3 is 9.84 Å². The van der Waals surface area contributed by atoms with Crippen molar-refractivity contribution in [1.29, 1.82) is 0 Å². The zero-order chi connectivity index (χ0) is 18.5. The number of fused-ring (bicyclic) bond motifs is 5. The summed E-state index contributed by atoms with van der Waals surface area (Å²) in [6.45, 7) is 5.94. The van der Waals surface area contributed by atoms with Crippen LogP contribution in [0.3, 0.4) is 0 Å². The summed E-state index contributed by atoms with van der Waals surface area (Å²) >= 11 is 0. The summed E-state index contributed by atoms with van der Waals surface area (Å²) in [7, 11) is 1.75. The van der Waals surface area contributed by atoms with E-state index in [0.717, 1.165) is 24.5 Å². The van der Waals surface area contributed by atoms with Crippen LogP contribution in [0.5, 0.6) is 5.75 Å². The Hall–Kier alpha value is -1.72. The minimum Gasteiger partial charge on any atom is -0.497 e. The first-order valence-electron chi connectivity index (χ1n) is 9.95. The summed E-state index contributed by atoms with van der Waals surface area (Å²) in [5, 5.41) is 9.99. The van der Waals surface area contributed by atoms with Crippen molar-refractivity contribution in [3.63, 3.8) is 0 Å². The van der Waals surface area contributed by atoms with E-state index in [-0.39, 0.29) is 5.41 Å². The highest BCUT2D eigenvalue weighted by Gasteiger charge is 2.51. The molecule has 2 heteroatoms. The fraction of sp³-hybridized carbons (Fsp3) is 0.583. The van der Waals surface area contributed by atoms with E-state index in [1.54, 1.807) is 26.5 Å². The third-order valence-corrected chi connectivity index (χ3v) is 7.02. The van der Waals surface area contributed by atoms with Gasteiger partial charge in [0.15, 0.2) is 0 Å². The van der Waals surface area contributed by atoms with E-state index in [1.165, 1.54) is 30.4 Å². The lowest BCUT2D eigenvalue weighted by molar-refractivity contribution is 0.0780. The summed E-state index contributed by atoms with van der Waals surface area (Å²) < 4.78 is 5.43. The second-order valence-corrected chi connectivity index (χ2v) is 9.10. The quantitative estimate of drug-likeness (QED) is 0.733. The van der Waals surface area contributed by atoms with Crippen molar-refractivity contribution in [1.82, 2.24) is 0 Å². The molecule has 4 rings (SSSR count). The molecular formula is C24H30O2. The van der Waals surface area contributed by atoms with Crippen molar-refractivity contribution in [2.45, 2.75) is 64.4 Å². The van der Waals surface area contributed by atoms with Gasteiger partial charge >= 0.3 is 0 Å². The number of aryl methyl sites for hydroxylation is 1. The van der Waals surface area contributed by atoms with E-state index in [2.05, 4.69) is 43.0 Å². The monoisotopic (exact) mass is 350 g/mol. The number of methoxy groups -OCH3 is 1. The number of allylic oxidation sites excluding steroid dienone is 2. The summed E-state index contributed by atoms with van der Waals surface area (Å²) in [5.74, 6) is 9.47. The molecule has 1 aromatic carbocycles. The van der Waals surface area contributed by atoms with Crippen LogP contribution in [-0.2, 0) is 6.42 Å². The predicted octanol–water partition coefficient (Wildman–Crippen LogP) is 4.86. The number of ether oxygens (including phenoxy) is 1. The summed E-state index contributed by atoms with van der Waals surface area (Å²) in [6, 6.07) is 6.68. The maximum Gasteiger partial charge on any atom is 0.120 e. The Labute approximate surface area is 157 Å². The van der Waals surface area contributed by atoms with Crippen LogP contribution in [0.1, 0.15) is 63.5 Å². The van der Waals surface area contributed by atoms with E-state index >= 15 is 0 Å². The van der Waals surface area contributed by atoms with Gasteiger partial charge in [-0.3, -0.25) is 0 Å². The van der Waals surface area contributed by atoms with Gasteiger partial charge in [0.2, 0.25) is 0 Å². The highest BCUT2D eigenvalue weighted by atomic mass is 16.5. The Kier molecular flexibility index (Phi) is 4.20. The van der Waals surface area contributed by atoms with E-state index in [0.29, 0.717) is 11.8 Å². The maximum absolute atomic E-state index is 9.99. The minimum atomic E-state index is -0.921. The zero-order valence-corrected chi connectivity index (χ0v) is 16.4. The van der Waals surface area contributed by atoms with Crippen LogP contribution < -0.4 is 4.74 Å². The molecule has 0 aliphatic heterocycles. The Bertz CT molecular complexity index is 802. The molecular weight excluding hydrogens is 320 g/mol.